The van der Waals surface area contributed by atoms with E-state index in [1.54, 1.807) is 32.1 Å². The molecular weight excluding hydrogens is 809 g/mol. The number of carbonyl (C=O) groups excluding carboxylic acids is 1. The van der Waals surface area contributed by atoms with Gasteiger partial charge in [0.2, 0.25) is 0 Å². The number of nitrogens with zero attached hydrogens (tertiary/aromatic N) is 3. The molecule has 1 saturated carbocycles. The van der Waals surface area contributed by atoms with Crippen LogP contribution >= 0.6 is 73.2 Å². The normalized spacial score (nSPS) is 19.0. The molecule has 1 amide bonds. The van der Waals surface area contributed by atoms with Gasteiger partial charge < -0.3 is 14.8 Å². The SMILES string of the molecule is C[C@H](c1cccc(C(F)F)c1P)N(I)C(=O)c1cn(C2(C(P)(P)I)CCCC2)c(=O)cc1NCC1CCN(C)CC1. The second-order valence-corrected chi connectivity index (χ2v) is 19.6. The van der Waals surface area contributed by atoms with Gasteiger partial charge in [0, 0.05) is 24.4 Å². The van der Waals surface area contributed by atoms with E-state index >= 15 is 0 Å². The number of aromatic nitrogens is 1. The molecule has 2 heterocycles. The molecule has 4 rings (SSSR count). The highest BCUT2D eigenvalue weighted by atomic mass is 127. The molecule has 4 atom stereocenters. The Bertz CT molecular complexity index is 1310. The van der Waals surface area contributed by atoms with Crippen LogP contribution in [0, 0.1) is 5.92 Å². The molecule has 0 bridgehead atoms. The van der Waals surface area contributed by atoms with Crippen molar-refractivity contribution < 1.29 is 13.6 Å². The fourth-order valence-electron chi connectivity index (χ4n) is 6.04. The van der Waals surface area contributed by atoms with Crippen molar-refractivity contribution in [3.63, 3.8) is 0 Å². The fourth-order valence-corrected chi connectivity index (χ4v) is 8.82. The second kappa shape index (κ2) is 14.0. The van der Waals surface area contributed by atoms with Crippen LogP contribution in [0.1, 0.15) is 79.4 Å². The maximum absolute atomic E-state index is 14.2. The van der Waals surface area contributed by atoms with Gasteiger partial charge in [0.15, 0.2) is 0 Å². The van der Waals surface area contributed by atoms with Crippen molar-refractivity contribution in [3.05, 3.63) is 57.5 Å². The van der Waals surface area contributed by atoms with Gasteiger partial charge in [-0.05, 0) is 69.5 Å². The lowest BCUT2D eigenvalue weighted by atomic mass is 9.96. The summed E-state index contributed by atoms with van der Waals surface area (Å²) in [7, 11) is 10.3. The molecule has 1 aromatic carbocycles. The van der Waals surface area contributed by atoms with Gasteiger partial charge in [-0.25, -0.2) is 8.78 Å². The minimum Gasteiger partial charge on any atom is -0.384 e. The monoisotopic (exact) mass is 848 g/mol. The molecule has 13 heteroatoms. The molecule has 0 radical (unpaired) electrons. The van der Waals surface area contributed by atoms with Gasteiger partial charge in [0.05, 0.1) is 48.6 Å². The molecule has 3 unspecified atom stereocenters. The van der Waals surface area contributed by atoms with Crippen LogP contribution in [0.5, 0.6) is 0 Å². The van der Waals surface area contributed by atoms with Crippen molar-refractivity contribution in [2.75, 3.05) is 32.0 Å². The molecule has 41 heavy (non-hydrogen) atoms. The van der Waals surface area contributed by atoms with Crippen LogP contribution in [0.25, 0.3) is 0 Å². The van der Waals surface area contributed by atoms with E-state index in [4.69, 9.17) is 0 Å². The van der Waals surface area contributed by atoms with Gasteiger partial charge in [-0.1, -0.05) is 53.6 Å². The van der Waals surface area contributed by atoms with Crippen molar-refractivity contribution >= 4 is 90.1 Å². The third-order valence-corrected chi connectivity index (χ3v) is 12.7. The molecule has 226 valence electrons. The largest absolute Gasteiger partial charge is 0.384 e. The Kier molecular flexibility index (Phi) is 11.6. The summed E-state index contributed by atoms with van der Waals surface area (Å²) < 4.78 is 30.2. The number of pyridine rings is 1. The second-order valence-electron chi connectivity index (χ2n) is 11.4. The number of halogens is 4. The van der Waals surface area contributed by atoms with Gasteiger partial charge in [-0.15, -0.1) is 27.7 Å². The van der Waals surface area contributed by atoms with E-state index in [1.165, 1.54) is 6.07 Å². The number of nitrogens with one attached hydrogen (secondary N) is 1. The Morgan fingerprint density at radius 1 is 1.22 bits per heavy atom. The van der Waals surface area contributed by atoms with Gasteiger partial charge in [0.1, 0.15) is 0 Å². The topological polar surface area (TPSA) is 57.6 Å². The van der Waals surface area contributed by atoms with E-state index in [9.17, 15) is 18.4 Å². The van der Waals surface area contributed by atoms with Gasteiger partial charge >= 0.3 is 0 Å². The highest BCUT2D eigenvalue weighted by Crippen LogP contribution is 2.56. The third-order valence-electron chi connectivity index (χ3n) is 8.70. The number of hydrogen-bond acceptors (Lipinski definition) is 4. The number of alkyl halides is 3. The lowest BCUT2D eigenvalue weighted by molar-refractivity contribution is 0.0861. The Labute approximate surface area is 276 Å². The maximum atomic E-state index is 14.2. The third kappa shape index (κ3) is 7.30. The Balaban J connectivity index is 1.74. The lowest BCUT2D eigenvalue weighted by Crippen LogP contribution is -2.48. The summed E-state index contributed by atoms with van der Waals surface area (Å²) in [4.78, 5) is 30.3. The number of piperidine rings is 1. The molecule has 1 N–H and O–H groups in total. The summed E-state index contributed by atoms with van der Waals surface area (Å²) >= 11 is 4.35. The molecular formula is C28H39F2I2N4O2P3. The number of carbonyl (C=O) groups is 1. The Morgan fingerprint density at radius 3 is 2.41 bits per heavy atom. The van der Waals surface area contributed by atoms with E-state index in [1.807, 2.05) is 29.8 Å². The highest BCUT2D eigenvalue weighted by Gasteiger charge is 2.48. The Morgan fingerprint density at radius 2 is 1.83 bits per heavy atom. The van der Waals surface area contributed by atoms with Crippen LogP contribution in [0.15, 0.2) is 35.3 Å². The molecule has 1 aliphatic heterocycles. The van der Waals surface area contributed by atoms with Gasteiger partial charge in [-0.3, -0.25) is 12.7 Å². The van der Waals surface area contributed by atoms with Crippen molar-refractivity contribution in [1.29, 1.82) is 0 Å². The predicted octanol–water partition coefficient (Wildman–Crippen LogP) is 6.70. The minimum absolute atomic E-state index is 0.0620. The van der Waals surface area contributed by atoms with Crippen LogP contribution in [0.3, 0.4) is 0 Å². The number of hydrogen-bond donors (Lipinski definition) is 1. The smallest absolute Gasteiger partial charge is 0.266 e. The summed E-state index contributed by atoms with van der Waals surface area (Å²) in [6.07, 6.45) is 4.92. The molecule has 6 nitrogen and oxygen atoms in total. The number of amides is 1. The first-order chi connectivity index (χ1) is 19.3. The number of benzene rings is 1. The minimum atomic E-state index is -2.61. The number of anilines is 1. The van der Waals surface area contributed by atoms with Gasteiger partial charge in [-0.2, -0.15) is 0 Å². The van der Waals surface area contributed by atoms with E-state index in [2.05, 4.69) is 67.6 Å². The quantitative estimate of drug-likeness (QED) is 0.132. The molecule has 1 aliphatic carbocycles. The van der Waals surface area contributed by atoms with Gasteiger partial charge in [0.25, 0.3) is 17.9 Å². The fraction of sp³-hybridized carbons (Fsp3) is 0.571. The van der Waals surface area contributed by atoms with Crippen LogP contribution in [0.4, 0.5) is 14.5 Å². The van der Waals surface area contributed by atoms with Crippen molar-refractivity contribution in [1.82, 2.24) is 12.6 Å². The zero-order chi connectivity index (χ0) is 30.1. The molecule has 2 aliphatic rings. The van der Waals surface area contributed by atoms with Crippen LogP contribution < -0.4 is 16.2 Å². The standard InChI is InChI=1S/C28H39F2I2N4O2P3/c1-17(19-6-5-7-20(24(19)39)25(29)30)36(32)26(38)21-16-35(27(28(31,40)41)10-3-4-11-27)23(37)14-22(21)33-15-18-8-12-34(2)13-9-18/h5-7,14,16-18,25,33H,3-4,8-13,15,39-41H2,1-2H3/t17-/m1/s1. The first-order valence-electron chi connectivity index (χ1n) is 13.9. The molecule has 1 saturated heterocycles. The highest BCUT2D eigenvalue weighted by molar-refractivity contribution is 14.1. The summed E-state index contributed by atoms with van der Waals surface area (Å²) in [6.45, 7) is 4.56. The molecule has 2 fully saturated rings. The molecule has 1 aromatic heterocycles. The summed E-state index contributed by atoms with van der Waals surface area (Å²) in [5, 5.41) is 3.86. The molecule has 0 spiro atoms. The number of rotatable bonds is 9. The van der Waals surface area contributed by atoms with Crippen molar-refractivity contribution in [2.24, 2.45) is 5.92 Å². The lowest BCUT2D eigenvalue weighted by Gasteiger charge is -2.42. The zero-order valence-electron chi connectivity index (χ0n) is 23.4. The first kappa shape index (κ1) is 33.9. The van der Waals surface area contributed by atoms with E-state index in [-0.39, 0.29) is 19.9 Å². The summed E-state index contributed by atoms with van der Waals surface area (Å²) in [5.41, 5.74) is 0.908. The van der Waals surface area contributed by atoms with E-state index in [0.717, 1.165) is 51.6 Å². The average Bonchev–Trinajstić information content (AvgIpc) is 3.43. The summed E-state index contributed by atoms with van der Waals surface area (Å²) in [5.74, 6) is 0.175. The number of likely N-dealkylation sites (tertiary alicyclic amines) is 1. The van der Waals surface area contributed by atoms with Crippen LogP contribution in [-0.4, -0.2) is 48.1 Å². The van der Waals surface area contributed by atoms with Crippen molar-refractivity contribution in [3.8, 4) is 0 Å². The average molecular weight is 848 g/mol. The van der Waals surface area contributed by atoms with Crippen LogP contribution in [0.2, 0.25) is 0 Å². The first-order valence-corrected chi connectivity index (χ1v) is 17.7. The van der Waals surface area contributed by atoms with E-state index < -0.39 is 18.0 Å². The maximum Gasteiger partial charge on any atom is 0.266 e. The van der Waals surface area contributed by atoms with E-state index in [0.29, 0.717) is 34.6 Å². The van der Waals surface area contributed by atoms with Crippen molar-refractivity contribution in [2.45, 2.75) is 66.4 Å². The zero-order valence-corrected chi connectivity index (χ0v) is 31.2. The van der Waals surface area contributed by atoms with Crippen LogP contribution in [-0.2, 0) is 5.54 Å². The summed E-state index contributed by atoms with van der Waals surface area (Å²) in [6, 6.07) is 5.88. The Hall–Kier alpha value is 0.01000. The molecule has 2 aromatic rings. The predicted molar refractivity (Wildman–Crippen MR) is 191 cm³/mol.